The number of rotatable bonds is 4. The van der Waals surface area contributed by atoms with Gasteiger partial charge in [-0.15, -0.1) is 0 Å². The summed E-state index contributed by atoms with van der Waals surface area (Å²) in [5, 5.41) is 0. The van der Waals surface area contributed by atoms with Crippen molar-refractivity contribution in [2.24, 2.45) is 0 Å². The molecule has 0 N–H and O–H groups in total. The topological polar surface area (TPSA) is 54.5 Å². The molecular formula is C24H40BN3O4. The van der Waals surface area contributed by atoms with Gasteiger partial charge in [0.15, 0.2) is 0 Å². The molecule has 8 heteroatoms. The number of amides is 1. The molecule has 0 radical (unpaired) electrons. The van der Waals surface area contributed by atoms with Gasteiger partial charge in [0.25, 0.3) is 0 Å². The van der Waals surface area contributed by atoms with Gasteiger partial charge in [-0.25, -0.2) is 4.79 Å². The van der Waals surface area contributed by atoms with Crippen molar-refractivity contribution >= 4 is 24.4 Å². The molecule has 178 valence electrons. The number of nitrogens with zero attached hydrogens (tertiary/aromatic N) is 3. The Morgan fingerprint density at radius 2 is 1.62 bits per heavy atom. The van der Waals surface area contributed by atoms with Gasteiger partial charge in [-0.05, 0) is 79.7 Å². The van der Waals surface area contributed by atoms with Crippen LogP contribution in [0, 0.1) is 0 Å². The third-order valence-electron chi connectivity index (χ3n) is 6.39. The maximum Gasteiger partial charge on any atom is 0.494 e. The van der Waals surface area contributed by atoms with E-state index in [1.54, 1.807) is 4.90 Å². The Labute approximate surface area is 194 Å². The average Bonchev–Trinajstić information content (AvgIpc) is 2.87. The molecule has 0 atom stereocenters. The fraction of sp³-hybridized carbons (Fsp3) is 0.708. The monoisotopic (exact) mass is 445 g/mol. The summed E-state index contributed by atoms with van der Waals surface area (Å²) in [4.78, 5) is 18.7. The third kappa shape index (κ3) is 5.59. The summed E-state index contributed by atoms with van der Waals surface area (Å²) >= 11 is 0. The normalized spacial score (nSPS) is 20.8. The molecule has 3 rings (SSSR count). The van der Waals surface area contributed by atoms with Crippen LogP contribution in [0.15, 0.2) is 18.2 Å². The summed E-state index contributed by atoms with van der Waals surface area (Å²) in [5.41, 5.74) is 2.26. The molecule has 32 heavy (non-hydrogen) atoms. The molecule has 2 heterocycles. The first kappa shape index (κ1) is 24.9. The first-order valence-corrected chi connectivity index (χ1v) is 11.5. The van der Waals surface area contributed by atoms with E-state index in [0.717, 1.165) is 25.1 Å². The minimum atomic E-state index is -0.476. The van der Waals surface area contributed by atoms with Crippen molar-refractivity contribution in [2.45, 2.75) is 71.8 Å². The van der Waals surface area contributed by atoms with Crippen LogP contribution in [-0.2, 0) is 20.6 Å². The van der Waals surface area contributed by atoms with Crippen LogP contribution in [0.4, 0.5) is 10.5 Å². The maximum atomic E-state index is 12.4. The van der Waals surface area contributed by atoms with Gasteiger partial charge in [0.2, 0.25) is 0 Å². The zero-order valence-electron chi connectivity index (χ0n) is 21.3. The van der Waals surface area contributed by atoms with Crippen LogP contribution < -0.4 is 10.4 Å². The van der Waals surface area contributed by atoms with Gasteiger partial charge in [-0.1, -0.05) is 12.1 Å². The highest BCUT2D eigenvalue weighted by atomic mass is 16.7. The van der Waals surface area contributed by atoms with Crippen molar-refractivity contribution < 1.29 is 18.8 Å². The molecule has 1 aromatic carbocycles. The minimum Gasteiger partial charge on any atom is -0.444 e. The second-order valence-corrected chi connectivity index (χ2v) is 11.2. The number of carbonyl (C=O) groups is 1. The zero-order valence-corrected chi connectivity index (χ0v) is 21.3. The van der Waals surface area contributed by atoms with Crippen LogP contribution in [0.1, 0.15) is 54.0 Å². The highest BCUT2D eigenvalue weighted by Crippen LogP contribution is 2.37. The van der Waals surface area contributed by atoms with Gasteiger partial charge in [0.1, 0.15) is 5.60 Å². The maximum absolute atomic E-state index is 12.4. The molecule has 0 bridgehead atoms. The van der Waals surface area contributed by atoms with Crippen molar-refractivity contribution in [3.63, 3.8) is 0 Å². The van der Waals surface area contributed by atoms with Gasteiger partial charge >= 0.3 is 13.2 Å². The molecule has 2 aliphatic heterocycles. The molecule has 1 aromatic rings. The number of benzene rings is 1. The molecule has 2 aliphatic rings. The van der Waals surface area contributed by atoms with E-state index in [2.05, 4.69) is 69.8 Å². The van der Waals surface area contributed by atoms with Crippen LogP contribution in [-0.4, -0.2) is 80.1 Å². The molecule has 0 aliphatic carbocycles. The van der Waals surface area contributed by atoms with Gasteiger partial charge in [-0.2, -0.15) is 0 Å². The summed E-state index contributed by atoms with van der Waals surface area (Å²) < 4.78 is 18.1. The van der Waals surface area contributed by atoms with Gasteiger partial charge in [-0.3, -0.25) is 0 Å². The van der Waals surface area contributed by atoms with Crippen LogP contribution >= 0.6 is 0 Å². The summed E-state index contributed by atoms with van der Waals surface area (Å²) in [6.07, 6.45) is -0.234. The van der Waals surface area contributed by atoms with Crippen molar-refractivity contribution in [1.82, 2.24) is 9.80 Å². The first-order chi connectivity index (χ1) is 14.7. The number of anilines is 1. The van der Waals surface area contributed by atoms with E-state index in [1.807, 2.05) is 20.8 Å². The molecule has 0 spiro atoms. The summed E-state index contributed by atoms with van der Waals surface area (Å²) in [5.74, 6) is 0. The van der Waals surface area contributed by atoms with E-state index >= 15 is 0 Å². The Morgan fingerprint density at radius 1 is 1.06 bits per heavy atom. The van der Waals surface area contributed by atoms with Crippen LogP contribution in [0.3, 0.4) is 0 Å². The smallest absolute Gasteiger partial charge is 0.444 e. The van der Waals surface area contributed by atoms with Crippen molar-refractivity contribution in [3.8, 4) is 0 Å². The van der Waals surface area contributed by atoms with Crippen LogP contribution in [0.2, 0.25) is 0 Å². The first-order valence-electron chi connectivity index (χ1n) is 11.5. The SMILES string of the molecule is CN(C)Cc1cc(B2OC(C)(C)C(C)(C)O2)ccc1N1CCN(C(=O)OC(C)(C)C)CC1. The second-order valence-electron chi connectivity index (χ2n) is 11.2. The number of carbonyl (C=O) groups excluding carboxylic acids is 1. The summed E-state index contributed by atoms with van der Waals surface area (Å²) in [6, 6.07) is 6.48. The van der Waals surface area contributed by atoms with E-state index in [0.29, 0.717) is 13.1 Å². The lowest BCUT2D eigenvalue weighted by Crippen LogP contribution is -2.50. The van der Waals surface area contributed by atoms with E-state index in [9.17, 15) is 4.79 Å². The van der Waals surface area contributed by atoms with Crippen molar-refractivity contribution in [3.05, 3.63) is 23.8 Å². The molecule has 2 fully saturated rings. The van der Waals surface area contributed by atoms with Crippen molar-refractivity contribution in [1.29, 1.82) is 0 Å². The lowest BCUT2D eigenvalue weighted by molar-refractivity contribution is 0.00578. The second kappa shape index (κ2) is 8.88. The van der Waals surface area contributed by atoms with E-state index in [4.69, 9.17) is 14.0 Å². The molecule has 0 unspecified atom stereocenters. The highest BCUT2D eigenvalue weighted by Gasteiger charge is 2.51. The largest absolute Gasteiger partial charge is 0.494 e. The Morgan fingerprint density at radius 3 is 2.12 bits per heavy atom. The zero-order chi connectivity index (χ0) is 23.9. The molecule has 2 saturated heterocycles. The molecule has 0 saturated carbocycles. The number of hydrogen-bond donors (Lipinski definition) is 0. The lowest BCUT2D eigenvalue weighted by Gasteiger charge is -2.38. The lowest BCUT2D eigenvalue weighted by atomic mass is 9.78. The molecular weight excluding hydrogens is 405 g/mol. The molecule has 7 nitrogen and oxygen atoms in total. The van der Waals surface area contributed by atoms with Gasteiger partial charge in [0, 0.05) is 38.4 Å². The Kier molecular flexibility index (Phi) is 6.90. The Bertz CT molecular complexity index is 811. The van der Waals surface area contributed by atoms with Crippen LogP contribution in [0.25, 0.3) is 0 Å². The predicted molar refractivity (Wildman–Crippen MR) is 130 cm³/mol. The molecule has 0 aromatic heterocycles. The number of ether oxygens (including phenoxy) is 1. The predicted octanol–water partition coefficient (Wildman–Crippen LogP) is 3.10. The highest BCUT2D eigenvalue weighted by molar-refractivity contribution is 6.62. The van der Waals surface area contributed by atoms with Gasteiger partial charge in [0.05, 0.1) is 11.2 Å². The van der Waals surface area contributed by atoms with E-state index in [-0.39, 0.29) is 24.4 Å². The Balaban J connectivity index is 1.76. The van der Waals surface area contributed by atoms with Crippen LogP contribution in [0.5, 0.6) is 0 Å². The third-order valence-corrected chi connectivity index (χ3v) is 6.39. The Hall–Kier alpha value is -1.77. The molecule has 1 amide bonds. The number of piperazine rings is 1. The quantitative estimate of drug-likeness (QED) is 0.664. The standard InChI is InChI=1S/C24H40BN3O4/c1-22(2,3)30-21(29)28-14-12-27(13-15-28)20-11-10-19(16-18(20)17-26(8)9)25-31-23(4,5)24(6,7)32-25/h10-11,16H,12-15,17H2,1-9H3. The minimum absolute atomic E-state index is 0.234. The summed E-state index contributed by atoms with van der Waals surface area (Å²) in [6.45, 7) is 17.7. The fourth-order valence-electron chi connectivity index (χ4n) is 3.96. The van der Waals surface area contributed by atoms with Gasteiger partial charge < -0.3 is 28.7 Å². The fourth-order valence-corrected chi connectivity index (χ4v) is 3.96. The summed E-state index contributed by atoms with van der Waals surface area (Å²) in [7, 11) is 3.77. The number of hydrogen-bond acceptors (Lipinski definition) is 6. The van der Waals surface area contributed by atoms with E-state index in [1.165, 1.54) is 11.3 Å². The van der Waals surface area contributed by atoms with Crippen molar-refractivity contribution in [2.75, 3.05) is 45.2 Å². The van der Waals surface area contributed by atoms with E-state index < -0.39 is 5.60 Å². The average molecular weight is 445 g/mol.